The highest BCUT2D eigenvalue weighted by Crippen LogP contribution is 2.52. The number of rotatable bonds is 2. The van der Waals surface area contributed by atoms with Crippen LogP contribution in [0.15, 0.2) is 12.5 Å². The number of aldehydes is 1. The molecule has 14 heavy (non-hydrogen) atoms. The van der Waals surface area contributed by atoms with E-state index < -0.39 is 5.67 Å². The number of hydrogen-bond donors (Lipinski definition) is 0. The van der Waals surface area contributed by atoms with Crippen LogP contribution < -0.4 is 0 Å². The second kappa shape index (κ2) is 2.42. The third kappa shape index (κ3) is 0.901. The van der Waals surface area contributed by atoms with Gasteiger partial charge in [-0.05, 0) is 12.8 Å². The van der Waals surface area contributed by atoms with Crippen molar-refractivity contribution in [1.82, 2.24) is 9.38 Å². The lowest BCUT2D eigenvalue weighted by atomic mass is 10.2. The summed E-state index contributed by atoms with van der Waals surface area (Å²) in [4.78, 5) is 16.2. The molecule has 1 aliphatic carbocycles. The molecule has 5 heteroatoms. The van der Waals surface area contributed by atoms with Gasteiger partial charge in [0.15, 0.2) is 6.29 Å². The third-order valence-corrected chi connectivity index (χ3v) is 3.80. The molecule has 1 fully saturated rings. The summed E-state index contributed by atoms with van der Waals surface area (Å²) >= 11 is 1.32. The number of alkyl halides is 1. The van der Waals surface area contributed by atoms with Crippen molar-refractivity contribution in [2.24, 2.45) is 0 Å². The summed E-state index contributed by atoms with van der Waals surface area (Å²) in [5.74, 6) is 0. The molecule has 0 aromatic carbocycles. The molecule has 0 atom stereocenters. The summed E-state index contributed by atoms with van der Waals surface area (Å²) < 4.78 is 15.5. The van der Waals surface area contributed by atoms with Crippen molar-refractivity contribution in [3.8, 4) is 0 Å². The van der Waals surface area contributed by atoms with E-state index in [9.17, 15) is 9.18 Å². The Morgan fingerprint density at radius 1 is 1.64 bits per heavy atom. The van der Waals surface area contributed by atoms with Gasteiger partial charge in [0.25, 0.3) is 0 Å². The zero-order valence-corrected chi connectivity index (χ0v) is 8.05. The average Bonchev–Trinajstić information content (AvgIpc) is 2.65. The molecule has 2 heterocycles. The number of carbonyl (C=O) groups excluding carboxylic acids is 1. The van der Waals surface area contributed by atoms with Crippen LogP contribution in [0, 0.1) is 0 Å². The molecule has 3 rings (SSSR count). The van der Waals surface area contributed by atoms with Gasteiger partial charge < -0.3 is 0 Å². The number of fused-ring (bicyclic) bond motifs is 1. The highest BCUT2D eigenvalue weighted by atomic mass is 32.1. The lowest BCUT2D eigenvalue weighted by Gasteiger charge is -2.00. The Bertz CT molecular complexity index is 512. The number of nitrogens with zero attached hydrogens (tertiary/aromatic N) is 2. The van der Waals surface area contributed by atoms with Crippen LogP contribution in [0.3, 0.4) is 0 Å². The van der Waals surface area contributed by atoms with Gasteiger partial charge in [0, 0.05) is 0 Å². The van der Waals surface area contributed by atoms with E-state index in [0.717, 1.165) is 4.83 Å². The standard InChI is InChI=1S/C9H7FN2OS/c10-9(1-2-9)8-6(4-13)12-5-11-3-7(12)14-8/h3-5H,1-2H2. The van der Waals surface area contributed by atoms with Crippen LogP contribution >= 0.6 is 11.3 Å². The summed E-state index contributed by atoms with van der Waals surface area (Å²) in [7, 11) is 0. The molecule has 0 saturated heterocycles. The lowest BCUT2D eigenvalue weighted by molar-refractivity contribution is 0.111. The maximum Gasteiger partial charge on any atom is 0.168 e. The van der Waals surface area contributed by atoms with Crippen molar-refractivity contribution in [1.29, 1.82) is 0 Å². The topological polar surface area (TPSA) is 34.4 Å². The third-order valence-electron chi connectivity index (χ3n) is 2.51. The Balaban J connectivity index is 2.32. The Morgan fingerprint density at radius 3 is 3.07 bits per heavy atom. The molecule has 0 N–H and O–H groups in total. The van der Waals surface area contributed by atoms with Gasteiger partial charge >= 0.3 is 0 Å². The Labute approximate surface area is 83.2 Å². The molecule has 0 unspecified atom stereocenters. The Morgan fingerprint density at radius 2 is 2.43 bits per heavy atom. The fraction of sp³-hybridized carbons (Fsp3) is 0.333. The van der Waals surface area contributed by atoms with Crippen molar-refractivity contribution >= 4 is 22.5 Å². The molecule has 1 saturated carbocycles. The number of imidazole rings is 1. The Kier molecular flexibility index (Phi) is 1.40. The molecule has 2 aromatic heterocycles. The van der Waals surface area contributed by atoms with Crippen LogP contribution in [0.4, 0.5) is 4.39 Å². The summed E-state index contributed by atoms with van der Waals surface area (Å²) in [6.45, 7) is 0. The SMILES string of the molecule is O=Cc1c(C2(F)CC2)sc2cncn12. The second-order valence-corrected chi connectivity index (χ2v) is 4.53. The van der Waals surface area contributed by atoms with E-state index in [0.29, 0.717) is 29.7 Å². The number of hydrogen-bond acceptors (Lipinski definition) is 3. The van der Waals surface area contributed by atoms with Crippen LogP contribution in [-0.2, 0) is 5.67 Å². The van der Waals surface area contributed by atoms with Crippen molar-refractivity contribution in [2.45, 2.75) is 18.5 Å². The van der Waals surface area contributed by atoms with Crippen molar-refractivity contribution in [3.05, 3.63) is 23.1 Å². The van der Waals surface area contributed by atoms with Crippen LogP contribution in [0.25, 0.3) is 4.83 Å². The predicted octanol–water partition coefficient (Wildman–Crippen LogP) is 2.17. The smallest absolute Gasteiger partial charge is 0.168 e. The van der Waals surface area contributed by atoms with Crippen molar-refractivity contribution in [3.63, 3.8) is 0 Å². The summed E-state index contributed by atoms with van der Waals surface area (Å²) in [6.07, 6.45) is 4.97. The summed E-state index contributed by atoms with van der Waals surface area (Å²) in [6, 6.07) is 0. The molecule has 0 radical (unpaired) electrons. The summed E-state index contributed by atoms with van der Waals surface area (Å²) in [5, 5.41) is 0. The van der Waals surface area contributed by atoms with E-state index in [1.54, 1.807) is 16.9 Å². The number of halogens is 1. The van der Waals surface area contributed by atoms with Crippen molar-refractivity contribution in [2.75, 3.05) is 0 Å². The highest BCUT2D eigenvalue weighted by Gasteiger charge is 2.48. The minimum Gasteiger partial charge on any atom is -0.296 e. The fourth-order valence-corrected chi connectivity index (χ4v) is 2.78. The molecule has 1 aliphatic rings. The first-order valence-electron chi connectivity index (χ1n) is 4.34. The zero-order valence-electron chi connectivity index (χ0n) is 7.24. The largest absolute Gasteiger partial charge is 0.296 e. The van der Waals surface area contributed by atoms with E-state index in [2.05, 4.69) is 4.98 Å². The van der Waals surface area contributed by atoms with Gasteiger partial charge in [-0.25, -0.2) is 9.37 Å². The van der Waals surface area contributed by atoms with Crippen LogP contribution in [0.5, 0.6) is 0 Å². The fourth-order valence-electron chi connectivity index (χ4n) is 1.57. The average molecular weight is 210 g/mol. The molecule has 3 nitrogen and oxygen atoms in total. The minimum atomic E-state index is -1.24. The molecule has 2 aromatic rings. The van der Waals surface area contributed by atoms with E-state index >= 15 is 0 Å². The van der Waals surface area contributed by atoms with E-state index in [1.165, 1.54) is 11.3 Å². The molecule has 0 amide bonds. The van der Waals surface area contributed by atoms with Gasteiger partial charge in [-0.2, -0.15) is 0 Å². The second-order valence-electron chi connectivity index (χ2n) is 3.50. The maximum absolute atomic E-state index is 13.8. The maximum atomic E-state index is 13.8. The summed E-state index contributed by atoms with van der Waals surface area (Å²) in [5.41, 5.74) is -0.817. The van der Waals surface area contributed by atoms with Gasteiger partial charge in [0.1, 0.15) is 22.5 Å². The quantitative estimate of drug-likeness (QED) is 0.712. The van der Waals surface area contributed by atoms with Crippen molar-refractivity contribution < 1.29 is 9.18 Å². The first-order chi connectivity index (χ1) is 6.74. The Hall–Kier alpha value is -1.23. The number of aromatic nitrogens is 2. The van der Waals surface area contributed by atoms with Crippen LogP contribution in [0.2, 0.25) is 0 Å². The highest BCUT2D eigenvalue weighted by molar-refractivity contribution is 7.17. The molecular formula is C9H7FN2OS. The van der Waals surface area contributed by atoms with Gasteiger partial charge in [0.2, 0.25) is 0 Å². The molecule has 72 valence electrons. The molecule has 0 spiro atoms. The van der Waals surface area contributed by atoms with Gasteiger partial charge in [-0.1, -0.05) is 0 Å². The molecule has 0 aliphatic heterocycles. The van der Waals surface area contributed by atoms with Crippen LogP contribution in [0.1, 0.15) is 28.2 Å². The van der Waals surface area contributed by atoms with Crippen LogP contribution in [-0.4, -0.2) is 15.7 Å². The molecular weight excluding hydrogens is 203 g/mol. The van der Waals surface area contributed by atoms with Gasteiger partial charge in [-0.3, -0.25) is 9.20 Å². The first kappa shape index (κ1) is 8.11. The first-order valence-corrected chi connectivity index (χ1v) is 5.16. The number of thiazole rings is 1. The van der Waals surface area contributed by atoms with E-state index in [1.807, 2.05) is 0 Å². The predicted molar refractivity (Wildman–Crippen MR) is 50.5 cm³/mol. The zero-order chi connectivity index (χ0) is 9.76. The van der Waals surface area contributed by atoms with E-state index in [4.69, 9.17) is 0 Å². The normalized spacial score (nSPS) is 18.6. The number of carbonyl (C=O) groups is 1. The monoisotopic (exact) mass is 210 g/mol. The van der Waals surface area contributed by atoms with Gasteiger partial charge in [0.05, 0.1) is 11.1 Å². The molecule has 0 bridgehead atoms. The van der Waals surface area contributed by atoms with Gasteiger partial charge in [-0.15, -0.1) is 11.3 Å². The van der Waals surface area contributed by atoms with E-state index in [-0.39, 0.29) is 0 Å². The lowest BCUT2D eigenvalue weighted by Crippen LogP contribution is -2.00. The minimum absolute atomic E-state index is 0.419.